The molecule has 29 heavy (non-hydrogen) atoms. The number of methoxy groups -OCH3 is 1. The fraction of sp³-hybridized carbons (Fsp3) is 0.636. The van der Waals surface area contributed by atoms with Crippen LogP contribution in [0.3, 0.4) is 0 Å². The summed E-state index contributed by atoms with van der Waals surface area (Å²) in [4.78, 5) is 27.3. The molecule has 1 aliphatic heterocycles. The number of carbonyl (C=O) groups excluding carboxylic acids is 2. The lowest BCUT2D eigenvalue weighted by Crippen LogP contribution is -2.51. The van der Waals surface area contributed by atoms with Gasteiger partial charge >= 0.3 is 6.03 Å². The van der Waals surface area contributed by atoms with E-state index in [1.165, 1.54) is 0 Å². The van der Waals surface area contributed by atoms with Crippen molar-refractivity contribution in [1.82, 2.24) is 10.2 Å². The quantitative estimate of drug-likeness (QED) is 0.731. The van der Waals surface area contributed by atoms with Gasteiger partial charge in [0.05, 0.1) is 19.3 Å². The summed E-state index contributed by atoms with van der Waals surface area (Å²) >= 11 is 0. The van der Waals surface area contributed by atoms with E-state index in [0.29, 0.717) is 18.7 Å². The van der Waals surface area contributed by atoms with Gasteiger partial charge in [0.2, 0.25) is 5.91 Å². The SMILES string of the molecule is CCCO[C@@H]1C[C@@H](C(=O)N2CCCC2)CC[C@H]1NC(=O)Nc1ccc(OC)cc1. The predicted octanol–water partition coefficient (Wildman–Crippen LogP) is 3.40. The Morgan fingerprint density at radius 1 is 1.14 bits per heavy atom. The lowest BCUT2D eigenvalue weighted by molar-refractivity contribution is -0.138. The van der Waals surface area contributed by atoms with Gasteiger partial charge in [-0.25, -0.2) is 4.79 Å². The topological polar surface area (TPSA) is 79.9 Å². The third-order valence-electron chi connectivity index (χ3n) is 5.76. The third kappa shape index (κ3) is 5.85. The Hall–Kier alpha value is -2.28. The smallest absolute Gasteiger partial charge is 0.319 e. The summed E-state index contributed by atoms with van der Waals surface area (Å²) in [5, 5.41) is 5.91. The Morgan fingerprint density at radius 2 is 1.86 bits per heavy atom. The minimum absolute atomic E-state index is 0.00217. The maximum atomic E-state index is 12.8. The first-order valence-corrected chi connectivity index (χ1v) is 10.7. The molecule has 3 atom stereocenters. The molecule has 1 aromatic carbocycles. The van der Waals surface area contributed by atoms with E-state index in [1.54, 1.807) is 31.4 Å². The molecular formula is C22H33N3O4. The number of carbonyl (C=O) groups is 2. The monoisotopic (exact) mass is 403 g/mol. The minimum atomic E-state index is -0.255. The van der Waals surface area contributed by atoms with Crippen LogP contribution >= 0.6 is 0 Å². The van der Waals surface area contributed by atoms with Crippen molar-refractivity contribution in [1.29, 1.82) is 0 Å². The molecule has 7 heteroatoms. The van der Waals surface area contributed by atoms with E-state index in [0.717, 1.165) is 50.9 Å². The van der Waals surface area contributed by atoms with E-state index in [9.17, 15) is 9.59 Å². The van der Waals surface area contributed by atoms with Crippen LogP contribution in [0.4, 0.5) is 10.5 Å². The summed E-state index contributed by atoms with van der Waals surface area (Å²) in [6.07, 6.45) is 5.17. The van der Waals surface area contributed by atoms with Crippen LogP contribution in [0.15, 0.2) is 24.3 Å². The second-order valence-corrected chi connectivity index (χ2v) is 7.89. The Balaban J connectivity index is 1.56. The van der Waals surface area contributed by atoms with E-state index < -0.39 is 0 Å². The molecule has 160 valence electrons. The van der Waals surface area contributed by atoms with Gasteiger partial charge in [0, 0.05) is 31.3 Å². The molecule has 2 aliphatic rings. The highest BCUT2D eigenvalue weighted by molar-refractivity contribution is 5.89. The zero-order valence-corrected chi connectivity index (χ0v) is 17.5. The minimum Gasteiger partial charge on any atom is -0.497 e. The van der Waals surface area contributed by atoms with Crippen LogP contribution in [-0.2, 0) is 9.53 Å². The van der Waals surface area contributed by atoms with Gasteiger partial charge in [-0.05, 0) is 62.8 Å². The maximum absolute atomic E-state index is 12.8. The van der Waals surface area contributed by atoms with Crippen LogP contribution in [0.5, 0.6) is 5.75 Å². The van der Waals surface area contributed by atoms with Gasteiger partial charge in [-0.15, -0.1) is 0 Å². The van der Waals surface area contributed by atoms with E-state index in [1.807, 2.05) is 4.90 Å². The average molecular weight is 404 g/mol. The van der Waals surface area contributed by atoms with Gasteiger partial charge in [0.15, 0.2) is 0 Å². The maximum Gasteiger partial charge on any atom is 0.319 e. The van der Waals surface area contributed by atoms with Crippen molar-refractivity contribution in [3.05, 3.63) is 24.3 Å². The van der Waals surface area contributed by atoms with Crippen molar-refractivity contribution in [3.8, 4) is 5.75 Å². The molecule has 2 N–H and O–H groups in total. The number of hydrogen-bond donors (Lipinski definition) is 2. The summed E-state index contributed by atoms with van der Waals surface area (Å²) < 4.78 is 11.2. The number of hydrogen-bond acceptors (Lipinski definition) is 4. The highest BCUT2D eigenvalue weighted by Gasteiger charge is 2.37. The van der Waals surface area contributed by atoms with Crippen LogP contribution in [0, 0.1) is 5.92 Å². The number of benzene rings is 1. The zero-order chi connectivity index (χ0) is 20.6. The van der Waals surface area contributed by atoms with Crippen LogP contribution in [0.1, 0.15) is 45.4 Å². The van der Waals surface area contributed by atoms with Crippen molar-refractivity contribution in [3.63, 3.8) is 0 Å². The van der Waals surface area contributed by atoms with Crippen LogP contribution < -0.4 is 15.4 Å². The van der Waals surface area contributed by atoms with Gasteiger partial charge in [-0.2, -0.15) is 0 Å². The molecule has 3 amide bonds. The van der Waals surface area contributed by atoms with Crippen molar-refractivity contribution in [2.24, 2.45) is 5.92 Å². The molecule has 0 spiro atoms. The molecule has 1 saturated carbocycles. The van der Waals surface area contributed by atoms with E-state index in [4.69, 9.17) is 9.47 Å². The summed E-state index contributed by atoms with van der Waals surface area (Å²) in [7, 11) is 1.61. The molecular weight excluding hydrogens is 370 g/mol. The molecule has 7 nitrogen and oxygen atoms in total. The first-order chi connectivity index (χ1) is 14.1. The molecule has 1 heterocycles. The molecule has 0 aromatic heterocycles. The van der Waals surface area contributed by atoms with Gasteiger partial charge in [-0.1, -0.05) is 6.92 Å². The number of nitrogens with one attached hydrogen (secondary N) is 2. The number of ether oxygens (including phenoxy) is 2. The highest BCUT2D eigenvalue weighted by Crippen LogP contribution is 2.30. The molecule has 0 unspecified atom stereocenters. The standard InChI is InChI=1S/C22H33N3O4/c1-3-14-29-20-15-16(21(26)25-12-4-5-13-25)6-11-19(20)24-22(27)23-17-7-9-18(28-2)10-8-17/h7-10,16,19-20H,3-6,11-15H2,1-2H3,(H2,23,24,27)/t16-,19+,20+/m0/s1. The fourth-order valence-corrected chi connectivity index (χ4v) is 4.18. The highest BCUT2D eigenvalue weighted by atomic mass is 16.5. The van der Waals surface area contributed by atoms with Crippen LogP contribution in [-0.4, -0.2) is 55.8 Å². The molecule has 3 rings (SSSR count). The van der Waals surface area contributed by atoms with Gasteiger partial charge in [0.1, 0.15) is 5.75 Å². The number of rotatable bonds is 7. The number of urea groups is 1. The van der Waals surface area contributed by atoms with Crippen molar-refractivity contribution >= 4 is 17.6 Å². The number of anilines is 1. The predicted molar refractivity (Wildman–Crippen MR) is 112 cm³/mol. The lowest BCUT2D eigenvalue weighted by Gasteiger charge is -2.37. The Morgan fingerprint density at radius 3 is 2.52 bits per heavy atom. The molecule has 2 fully saturated rings. The summed E-state index contributed by atoms with van der Waals surface area (Å²) in [5.74, 6) is 0.997. The molecule has 0 radical (unpaired) electrons. The van der Waals surface area contributed by atoms with Crippen LogP contribution in [0.2, 0.25) is 0 Å². The molecule has 1 aliphatic carbocycles. The van der Waals surface area contributed by atoms with Crippen LogP contribution in [0.25, 0.3) is 0 Å². The Labute approximate surface area is 173 Å². The van der Waals surface area contributed by atoms with E-state index >= 15 is 0 Å². The number of nitrogens with zero attached hydrogens (tertiary/aromatic N) is 1. The zero-order valence-electron chi connectivity index (χ0n) is 17.5. The summed E-state index contributed by atoms with van der Waals surface area (Å²) in [5.41, 5.74) is 0.701. The normalized spacial score (nSPS) is 24.2. The van der Waals surface area contributed by atoms with E-state index in [-0.39, 0.29) is 30.0 Å². The molecule has 0 bridgehead atoms. The molecule has 1 aromatic rings. The van der Waals surface area contributed by atoms with Gasteiger partial charge in [-0.3, -0.25) is 4.79 Å². The Kier molecular flexibility index (Phi) is 7.75. The largest absolute Gasteiger partial charge is 0.497 e. The number of likely N-dealkylation sites (tertiary alicyclic amines) is 1. The lowest BCUT2D eigenvalue weighted by atomic mass is 9.83. The van der Waals surface area contributed by atoms with Crippen molar-refractivity contribution in [2.75, 3.05) is 32.1 Å². The van der Waals surface area contributed by atoms with Gasteiger partial charge < -0.3 is 25.0 Å². The second kappa shape index (κ2) is 10.5. The van der Waals surface area contributed by atoms with Crippen molar-refractivity contribution in [2.45, 2.75) is 57.6 Å². The fourth-order valence-electron chi connectivity index (χ4n) is 4.18. The summed E-state index contributed by atoms with van der Waals surface area (Å²) in [6.45, 7) is 4.45. The third-order valence-corrected chi connectivity index (χ3v) is 5.76. The average Bonchev–Trinajstić information content (AvgIpc) is 3.28. The number of amides is 3. The summed E-state index contributed by atoms with van der Waals surface area (Å²) in [6, 6.07) is 6.86. The second-order valence-electron chi connectivity index (χ2n) is 7.89. The first-order valence-electron chi connectivity index (χ1n) is 10.7. The van der Waals surface area contributed by atoms with Crippen molar-refractivity contribution < 1.29 is 19.1 Å². The van der Waals surface area contributed by atoms with E-state index in [2.05, 4.69) is 17.6 Å². The first kappa shape index (κ1) is 21.4. The van der Waals surface area contributed by atoms with Gasteiger partial charge in [0.25, 0.3) is 0 Å². The Bertz CT molecular complexity index is 673. The molecule has 1 saturated heterocycles.